The summed E-state index contributed by atoms with van der Waals surface area (Å²) in [6, 6.07) is 10.0. The molecule has 23 nitrogen and oxygen atoms in total. The maximum Gasteiger partial charge on any atom is 0.407 e. The lowest BCUT2D eigenvalue weighted by Gasteiger charge is -2.22. The number of carbonyl (C=O) groups excluding carboxylic acids is 4. The standard InChI is InChI=1S/C47H57N13O10/c1-6-59-34(20-27(3)55-59)43-51-26-32-31-22-29(41(48)63)24-36(69-18-11-16-67-5)39(31)57(44(32)53-43)14-8-9-15-58-40-33(52-46(58)54-45(65)35-21-28(4)56-60(35)7-2)23-30(42(49)64)25-37(40)68-17-10-13-50-47(66)70-19-12-38(61)62/h8-9,20-26,43,53H,6-7,10-19H2,1-5H3,(H2,48,63)(H2,49,64)(H,50,66)(H,61,62)(H,52,54,65)/b9-8+. The quantitative estimate of drug-likeness (QED) is 0.0355. The Morgan fingerprint density at radius 1 is 0.814 bits per heavy atom. The Hall–Kier alpha value is -8.21. The first-order chi connectivity index (χ1) is 33.7. The average molecular weight is 964 g/mol. The molecule has 1 aliphatic heterocycles. The summed E-state index contributed by atoms with van der Waals surface area (Å²) in [4.78, 5) is 71.7. The molecule has 5 heterocycles. The second-order valence-electron chi connectivity index (χ2n) is 16.2. The van der Waals surface area contributed by atoms with E-state index in [0.717, 1.165) is 17.0 Å². The van der Waals surface area contributed by atoms with Crippen LogP contribution in [0.25, 0.3) is 21.9 Å². The van der Waals surface area contributed by atoms with Gasteiger partial charge in [0.1, 0.15) is 35.1 Å². The molecule has 0 bridgehead atoms. The number of nitrogens with two attached hydrogens (primary N) is 2. The lowest BCUT2D eigenvalue weighted by atomic mass is 10.1. The monoisotopic (exact) mass is 963 g/mol. The van der Waals surface area contributed by atoms with Gasteiger partial charge < -0.3 is 55.3 Å². The van der Waals surface area contributed by atoms with Crippen molar-refractivity contribution in [1.82, 2.24) is 39.0 Å². The number of benzene rings is 2. The number of aliphatic imine (C=N–C) groups is 1. The number of carboxylic acids is 1. The highest BCUT2D eigenvalue weighted by Gasteiger charge is 2.28. The number of primary amides is 2. The average Bonchev–Trinajstić information content (AvgIpc) is 4.09. The summed E-state index contributed by atoms with van der Waals surface area (Å²) in [7, 11) is 1.61. The van der Waals surface area contributed by atoms with E-state index in [1.165, 1.54) is 12.1 Å². The van der Waals surface area contributed by atoms with Crippen molar-refractivity contribution in [2.24, 2.45) is 16.5 Å². The smallest absolute Gasteiger partial charge is 0.407 e. The van der Waals surface area contributed by atoms with Crippen molar-refractivity contribution < 1.29 is 48.0 Å². The molecule has 4 aromatic heterocycles. The van der Waals surface area contributed by atoms with Gasteiger partial charge >= 0.3 is 12.1 Å². The first-order valence-electron chi connectivity index (χ1n) is 22.8. The minimum Gasteiger partial charge on any atom is -0.491 e. The van der Waals surface area contributed by atoms with Crippen LogP contribution in [-0.4, -0.2) is 115 Å². The number of carbonyl (C=O) groups is 5. The van der Waals surface area contributed by atoms with Gasteiger partial charge in [0, 0.05) is 81.2 Å². The van der Waals surface area contributed by atoms with Crippen molar-refractivity contribution in [1.29, 1.82) is 0 Å². The van der Waals surface area contributed by atoms with E-state index in [2.05, 4.69) is 26.1 Å². The lowest BCUT2D eigenvalue weighted by Crippen LogP contribution is -2.27. The van der Waals surface area contributed by atoms with Gasteiger partial charge in [-0.05, 0) is 70.5 Å². The van der Waals surface area contributed by atoms with Crippen LogP contribution in [0.15, 0.2) is 53.5 Å². The SMILES string of the molecule is CCn1nc(C)cc1C(=O)Nc1nc2cc(C(N)=O)cc(OCCCNC(=O)OCCC(=O)O)c2n1C/C=C/Cn1c2c(c3cc(C(N)=O)cc(OCCCOC)c31)C=NC(c1cc(C)nn1CC)N2. The van der Waals surface area contributed by atoms with Gasteiger partial charge in [-0.3, -0.25) is 38.9 Å². The summed E-state index contributed by atoms with van der Waals surface area (Å²) in [5.41, 5.74) is 16.8. The molecule has 6 aromatic rings. The summed E-state index contributed by atoms with van der Waals surface area (Å²) in [5.74, 6) is -1.39. The van der Waals surface area contributed by atoms with Crippen molar-refractivity contribution in [2.45, 2.75) is 79.3 Å². The first kappa shape index (κ1) is 49.7. The second kappa shape index (κ2) is 22.3. The number of amides is 4. The van der Waals surface area contributed by atoms with Gasteiger partial charge in [0.25, 0.3) is 5.91 Å². The third-order valence-corrected chi connectivity index (χ3v) is 11.2. The zero-order valence-corrected chi connectivity index (χ0v) is 39.6. The predicted molar refractivity (Wildman–Crippen MR) is 259 cm³/mol. The van der Waals surface area contributed by atoms with Gasteiger partial charge in [0.05, 0.1) is 47.7 Å². The Morgan fingerprint density at radius 2 is 1.47 bits per heavy atom. The Balaban J connectivity index is 1.26. The van der Waals surface area contributed by atoms with Crippen molar-refractivity contribution in [3.63, 3.8) is 0 Å². The minimum absolute atomic E-state index is 0.0550. The number of ether oxygens (including phenoxy) is 4. The highest BCUT2D eigenvalue weighted by Crippen LogP contribution is 2.40. The van der Waals surface area contributed by atoms with Crippen LogP contribution in [0.1, 0.15) is 93.1 Å². The summed E-state index contributed by atoms with van der Waals surface area (Å²) >= 11 is 0. The second-order valence-corrected chi connectivity index (χ2v) is 16.2. The number of allylic oxidation sites excluding steroid dienone is 2. The number of alkyl carbamates (subject to hydrolysis) is 1. The van der Waals surface area contributed by atoms with Crippen LogP contribution in [0.3, 0.4) is 0 Å². The number of hydrogen-bond donors (Lipinski definition) is 6. The van der Waals surface area contributed by atoms with Crippen LogP contribution >= 0.6 is 0 Å². The Morgan fingerprint density at radius 3 is 2.16 bits per heavy atom. The fourth-order valence-electron chi connectivity index (χ4n) is 8.07. The number of anilines is 2. The summed E-state index contributed by atoms with van der Waals surface area (Å²) < 4.78 is 30.0. The van der Waals surface area contributed by atoms with Crippen molar-refractivity contribution in [2.75, 3.05) is 50.7 Å². The molecule has 0 aliphatic carbocycles. The Labute approximate surface area is 401 Å². The molecule has 8 N–H and O–H groups in total. The van der Waals surface area contributed by atoms with Crippen LogP contribution in [0.5, 0.6) is 11.5 Å². The number of rotatable bonds is 24. The van der Waals surface area contributed by atoms with Gasteiger partial charge in [-0.15, -0.1) is 0 Å². The van der Waals surface area contributed by atoms with Crippen LogP contribution in [0, 0.1) is 13.8 Å². The van der Waals surface area contributed by atoms with E-state index < -0.39 is 35.9 Å². The highest BCUT2D eigenvalue weighted by molar-refractivity contribution is 6.11. The van der Waals surface area contributed by atoms with Gasteiger partial charge in [-0.2, -0.15) is 10.2 Å². The normalized spacial score (nSPS) is 13.1. The summed E-state index contributed by atoms with van der Waals surface area (Å²) in [5, 5.41) is 27.7. The van der Waals surface area contributed by atoms with Crippen molar-refractivity contribution in [3.8, 4) is 11.5 Å². The molecule has 7 rings (SSSR count). The molecular weight excluding hydrogens is 907 g/mol. The van der Waals surface area contributed by atoms with E-state index in [-0.39, 0.29) is 62.1 Å². The molecule has 0 radical (unpaired) electrons. The fraction of sp³-hybridized carbons (Fsp3) is 0.383. The summed E-state index contributed by atoms with van der Waals surface area (Å²) in [6.45, 7) is 9.75. The number of hydrogen-bond acceptors (Lipinski definition) is 14. The van der Waals surface area contributed by atoms with Crippen LogP contribution in [0.2, 0.25) is 0 Å². The van der Waals surface area contributed by atoms with Crippen LogP contribution < -0.4 is 36.9 Å². The number of aryl methyl sites for hydroxylation is 4. The van der Waals surface area contributed by atoms with E-state index in [1.807, 2.05) is 48.2 Å². The molecule has 70 heavy (non-hydrogen) atoms. The maximum atomic E-state index is 13.9. The molecule has 1 aliphatic rings. The molecule has 1 atom stereocenters. The Bertz CT molecular complexity index is 3000. The molecular formula is C47H57N13O10. The van der Waals surface area contributed by atoms with Crippen LogP contribution in [-0.2, 0) is 40.4 Å². The molecule has 0 spiro atoms. The van der Waals surface area contributed by atoms with Gasteiger partial charge in [-0.25, -0.2) is 9.78 Å². The van der Waals surface area contributed by atoms with Crippen molar-refractivity contribution in [3.05, 3.63) is 88.0 Å². The third-order valence-electron chi connectivity index (χ3n) is 11.2. The molecule has 23 heteroatoms. The van der Waals surface area contributed by atoms with Gasteiger partial charge in [-0.1, -0.05) is 12.2 Å². The maximum absolute atomic E-state index is 13.9. The molecule has 0 saturated carbocycles. The van der Waals surface area contributed by atoms with Crippen LogP contribution in [0.4, 0.5) is 16.6 Å². The number of nitrogens with zero attached hydrogens (tertiary/aromatic N) is 8. The topological polar surface area (TPSA) is 301 Å². The number of nitrogens with one attached hydrogen (secondary N) is 3. The number of aromatic nitrogens is 7. The number of fused-ring (bicyclic) bond motifs is 4. The first-order valence-corrected chi connectivity index (χ1v) is 22.8. The van der Waals surface area contributed by atoms with Crippen molar-refractivity contribution >= 4 is 69.7 Å². The van der Waals surface area contributed by atoms with E-state index in [4.69, 9.17) is 45.5 Å². The third kappa shape index (κ3) is 11.2. The largest absolute Gasteiger partial charge is 0.491 e. The van der Waals surface area contributed by atoms with E-state index >= 15 is 0 Å². The predicted octanol–water partition coefficient (Wildman–Crippen LogP) is 4.68. The molecule has 1 unspecified atom stereocenters. The molecule has 0 saturated heterocycles. The molecule has 2 aromatic carbocycles. The van der Waals surface area contributed by atoms with E-state index in [1.54, 1.807) is 47.7 Å². The molecule has 370 valence electrons. The lowest BCUT2D eigenvalue weighted by molar-refractivity contribution is -0.137. The zero-order chi connectivity index (χ0) is 50.1. The zero-order valence-electron chi connectivity index (χ0n) is 39.6. The number of aliphatic carboxylic acids is 1. The minimum atomic E-state index is -1.09. The highest BCUT2D eigenvalue weighted by atomic mass is 16.5. The number of imidazole rings is 1. The molecule has 0 fully saturated rings. The fourth-order valence-corrected chi connectivity index (χ4v) is 8.07. The van der Waals surface area contributed by atoms with Gasteiger partial charge in [0.15, 0.2) is 6.17 Å². The summed E-state index contributed by atoms with van der Waals surface area (Å²) in [6.07, 6.45) is 4.90. The Kier molecular flexibility index (Phi) is 15.8. The number of carboxylic acid groups (broad SMARTS) is 1. The van der Waals surface area contributed by atoms with E-state index in [0.29, 0.717) is 84.0 Å². The molecule has 4 amide bonds. The van der Waals surface area contributed by atoms with Gasteiger partial charge in [0.2, 0.25) is 17.8 Å². The van der Waals surface area contributed by atoms with E-state index in [9.17, 15) is 24.0 Å². The number of methoxy groups -OCH3 is 1.